The molecule has 0 spiro atoms. The molecule has 14 rings (SSSR count). The molecule has 8 heterocycles. The topological polar surface area (TPSA) is 490 Å². The lowest BCUT2D eigenvalue weighted by Gasteiger charge is -2.37. The largest absolute Gasteiger partial charge is 0.497 e. The first-order valence-electron chi connectivity index (χ1n) is 35.1. The molecule has 0 aliphatic carbocycles. The van der Waals surface area contributed by atoms with Gasteiger partial charge in [0.25, 0.3) is 23.6 Å². The summed E-state index contributed by atoms with van der Waals surface area (Å²) in [6.07, 6.45) is -4.89. The lowest BCUT2D eigenvalue weighted by atomic mass is 9.80. The standard InChI is InChI=1S/C30H32N4O4.C28H28N4O6.C10H16N4O3.C8H12N4O5/c1-20-21(2)29(34-19-32-28(33-34)27(31)35)38-26(20)18-37-30(22-10-6-4-7-11-22,23-12-8-5-9-13-23)24-14-16-25(36-3)17-15-24;1-36-21-14-12-20(13-15-21)28(18-8-4-2-5-9-18,19-10-6-3-7-11-19)37-16-22-23(33)24(34)27(38-22)32-17-30-26(31-32)25(29)35;1-5-6(2)10(17-7(5)3-15)14-4-12-9(13-14)8(11)16;9-6(16)7-10-2-12(11-7)8-5(15)4(14)3(1-13)17-8/h4-17,19-21,26,29H,18H2,1-3H3,(H2,31,35);2-15,17,22-24,27,33-34H,16H2,1H3,(H2,29,35);4-7,10,15H,3H2,1-2H3,(H2,11,16);2-5,8,13-15H,1H2,(H2,9,16)/t20?,21-,26+,29+;22-,23?,24+,27-;5?,6-,7+,10+;3-,4?,5+,8-/m0101/s1. The smallest absolute Gasteiger partial charge is 0.288 e. The molecule has 4 fully saturated rings. The Morgan fingerprint density at radius 1 is 0.364 bits per heavy atom. The van der Waals surface area contributed by atoms with Crippen molar-refractivity contribution in [3.8, 4) is 11.5 Å². The van der Waals surface area contributed by atoms with E-state index in [4.69, 9.17) is 71.0 Å². The van der Waals surface area contributed by atoms with Gasteiger partial charge in [-0.3, -0.25) is 19.2 Å². The Morgan fingerprint density at radius 2 is 0.627 bits per heavy atom. The van der Waals surface area contributed by atoms with E-state index in [0.717, 1.165) is 50.1 Å². The summed E-state index contributed by atoms with van der Waals surface area (Å²) in [4.78, 5) is 59.9. The Morgan fingerprint density at radius 3 is 0.909 bits per heavy atom. The average molecular weight is 1510 g/mol. The number of carbonyl (C=O) groups is 4. The molecule has 14 N–H and O–H groups in total. The third-order valence-electron chi connectivity index (χ3n) is 20.0. The van der Waals surface area contributed by atoms with Crippen LogP contribution in [0, 0.1) is 23.7 Å². The number of ether oxygens (including phenoxy) is 8. The second-order valence-corrected chi connectivity index (χ2v) is 26.6. The molecular formula is C76H88N16O18. The van der Waals surface area contributed by atoms with E-state index < -0.39 is 90.5 Å². The Bertz CT molecular complexity index is 4270. The third-order valence-corrected chi connectivity index (χ3v) is 20.0. The molecule has 16 atom stereocenters. The van der Waals surface area contributed by atoms with Crippen molar-refractivity contribution < 1.29 is 87.7 Å². The number of nitrogens with zero attached hydrogens (tertiary/aromatic N) is 12. The number of rotatable bonds is 24. The molecule has 4 aliphatic heterocycles. The fourth-order valence-electron chi connectivity index (χ4n) is 13.5. The van der Waals surface area contributed by atoms with Crippen LogP contribution in [0.1, 0.15) is 128 Å². The summed E-state index contributed by atoms with van der Waals surface area (Å²) in [6.45, 7) is 8.05. The molecule has 4 aromatic heterocycles. The highest BCUT2D eigenvalue weighted by molar-refractivity contribution is 5.89. The molecule has 580 valence electrons. The van der Waals surface area contributed by atoms with E-state index in [-0.39, 0.29) is 84.8 Å². The van der Waals surface area contributed by atoms with Gasteiger partial charge in [0, 0.05) is 11.8 Å². The summed E-state index contributed by atoms with van der Waals surface area (Å²) in [5, 5.41) is 74.7. The second-order valence-electron chi connectivity index (χ2n) is 26.6. The van der Waals surface area contributed by atoms with Crippen molar-refractivity contribution in [2.24, 2.45) is 46.6 Å². The van der Waals surface area contributed by atoms with E-state index in [9.17, 15) is 39.6 Å². The Kier molecular flexibility index (Phi) is 25.8. The van der Waals surface area contributed by atoms with Gasteiger partial charge in [0.1, 0.15) is 84.6 Å². The zero-order chi connectivity index (χ0) is 78.6. The van der Waals surface area contributed by atoms with Crippen molar-refractivity contribution in [2.45, 2.75) is 113 Å². The van der Waals surface area contributed by atoms with Gasteiger partial charge in [-0.25, -0.2) is 38.7 Å². The summed E-state index contributed by atoms with van der Waals surface area (Å²) < 4.78 is 53.1. The van der Waals surface area contributed by atoms with Crippen LogP contribution < -0.4 is 32.4 Å². The zero-order valence-electron chi connectivity index (χ0n) is 60.8. The minimum absolute atomic E-state index is 0.0269. The third kappa shape index (κ3) is 17.0. The normalized spacial score (nSPS) is 24.9. The van der Waals surface area contributed by atoms with E-state index in [1.54, 1.807) is 18.9 Å². The minimum atomic E-state index is -1.34. The van der Waals surface area contributed by atoms with Gasteiger partial charge in [-0.15, -0.1) is 20.4 Å². The molecule has 34 nitrogen and oxygen atoms in total. The number of hydrogen-bond donors (Lipinski definition) is 10. The van der Waals surface area contributed by atoms with Crippen LogP contribution in [0.3, 0.4) is 0 Å². The summed E-state index contributed by atoms with van der Waals surface area (Å²) in [6, 6.07) is 55.5. The number of aliphatic hydroxyl groups is 6. The number of methoxy groups -OCH3 is 2. The maximum Gasteiger partial charge on any atom is 0.288 e. The van der Waals surface area contributed by atoms with Gasteiger partial charge in [-0.1, -0.05) is 173 Å². The number of hydrogen-bond acceptors (Lipinski definition) is 26. The van der Waals surface area contributed by atoms with Gasteiger partial charge in [-0.2, -0.15) is 0 Å². The average Bonchev–Trinajstić information content (AvgIpc) is 1.32. The highest BCUT2D eigenvalue weighted by Gasteiger charge is 2.49. The van der Waals surface area contributed by atoms with E-state index in [1.165, 1.54) is 28.3 Å². The SMILES string of the molecule is CC1[C@@H](CO)O[C@@H](n2cnc(C(N)=O)n2)[C@H]1C.COc1ccc(C(OC[C@H]2O[C@@H](n3cnc(C(N)=O)n3)[C@@H](C)C2C)(c2ccccc2)c2ccccc2)cc1.COc1ccc(C(OC[C@H]2O[C@@H](n3cnc(C(N)=O)n3)[C@@H](O)C2O)(c2ccccc2)c2ccccc2)cc1.NC(=O)c1ncn([C@@H]2O[C@H](CO)C(O)[C@@H]2O)n1. The fourth-order valence-corrected chi connectivity index (χ4v) is 13.5. The van der Waals surface area contributed by atoms with Gasteiger partial charge >= 0.3 is 0 Å². The van der Waals surface area contributed by atoms with Crippen LogP contribution in [-0.4, -0.2) is 203 Å². The molecule has 6 aromatic carbocycles. The quantitative estimate of drug-likeness (QED) is 0.0388. The van der Waals surface area contributed by atoms with Crippen molar-refractivity contribution in [3.05, 3.63) is 252 Å². The number of aromatic nitrogens is 12. The molecule has 10 aromatic rings. The van der Waals surface area contributed by atoms with Gasteiger partial charge < -0.3 is 91.5 Å². The highest BCUT2D eigenvalue weighted by atomic mass is 16.6. The molecule has 4 saturated heterocycles. The summed E-state index contributed by atoms with van der Waals surface area (Å²) in [7, 11) is 3.26. The molecule has 4 amide bonds. The van der Waals surface area contributed by atoms with Crippen LogP contribution >= 0.6 is 0 Å². The van der Waals surface area contributed by atoms with Crippen molar-refractivity contribution in [2.75, 3.05) is 40.6 Å². The van der Waals surface area contributed by atoms with E-state index in [0.29, 0.717) is 12.4 Å². The molecule has 0 radical (unpaired) electrons. The van der Waals surface area contributed by atoms with Gasteiger partial charge in [0.15, 0.2) is 24.9 Å². The van der Waals surface area contributed by atoms with Gasteiger partial charge in [0.2, 0.25) is 23.3 Å². The lowest BCUT2D eigenvalue weighted by Crippen LogP contribution is -2.39. The zero-order valence-corrected chi connectivity index (χ0v) is 60.8. The van der Waals surface area contributed by atoms with Crippen LogP contribution in [-0.2, 0) is 39.6 Å². The van der Waals surface area contributed by atoms with Crippen LogP contribution in [0.4, 0.5) is 0 Å². The molecular weight excluding hydrogens is 1420 g/mol. The Labute approximate surface area is 631 Å². The first-order chi connectivity index (χ1) is 53.0. The molecule has 0 saturated carbocycles. The minimum Gasteiger partial charge on any atom is -0.497 e. The van der Waals surface area contributed by atoms with Crippen molar-refractivity contribution in [1.29, 1.82) is 0 Å². The molecule has 4 unspecified atom stereocenters. The number of primary amides is 4. The van der Waals surface area contributed by atoms with Crippen molar-refractivity contribution >= 4 is 23.6 Å². The van der Waals surface area contributed by atoms with E-state index in [1.807, 2.05) is 159 Å². The summed E-state index contributed by atoms with van der Waals surface area (Å²) >= 11 is 0. The first kappa shape index (κ1) is 79.9. The summed E-state index contributed by atoms with van der Waals surface area (Å²) in [5.74, 6) is -1.33. The lowest BCUT2D eigenvalue weighted by molar-refractivity contribution is -0.0975. The number of benzene rings is 6. The van der Waals surface area contributed by atoms with Crippen molar-refractivity contribution in [3.63, 3.8) is 0 Å². The number of amides is 4. The fraction of sp³-hybridized carbons (Fsp3) is 0.368. The van der Waals surface area contributed by atoms with Crippen LogP contribution in [0.5, 0.6) is 11.5 Å². The number of aliphatic hydroxyl groups excluding tert-OH is 6. The molecule has 4 aliphatic rings. The Balaban J connectivity index is 0.000000155. The molecule has 34 heteroatoms. The Hall–Kier alpha value is -11.1. The number of nitrogens with two attached hydrogens (primary N) is 4. The summed E-state index contributed by atoms with van der Waals surface area (Å²) in [5.41, 5.74) is 24.2. The van der Waals surface area contributed by atoms with E-state index in [2.05, 4.69) is 78.4 Å². The maximum atomic E-state index is 11.5. The first-order valence-corrected chi connectivity index (χ1v) is 35.1. The highest BCUT2D eigenvalue weighted by Crippen LogP contribution is 2.46. The molecule has 110 heavy (non-hydrogen) atoms. The van der Waals surface area contributed by atoms with Gasteiger partial charge in [-0.05, 0) is 69.5 Å². The van der Waals surface area contributed by atoms with Crippen molar-refractivity contribution in [1.82, 2.24) is 59.1 Å². The molecule has 0 bridgehead atoms. The predicted octanol–water partition coefficient (Wildman–Crippen LogP) is 3.10. The monoisotopic (exact) mass is 1510 g/mol. The van der Waals surface area contributed by atoms with Crippen LogP contribution in [0.25, 0.3) is 0 Å². The van der Waals surface area contributed by atoms with Gasteiger partial charge in [0.05, 0.1) is 52.9 Å². The maximum absolute atomic E-state index is 11.5. The number of carbonyl (C=O) groups excluding carboxylic acids is 4. The predicted molar refractivity (Wildman–Crippen MR) is 388 cm³/mol. The van der Waals surface area contributed by atoms with Crippen LogP contribution in [0.2, 0.25) is 0 Å². The van der Waals surface area contributed by atoms with E-state index >= 15 is 0 Å². The van der Waals surface area contributed by atoms with Crippen LogP contribution in [0.15, 0.2) is 195 Å². The second kappa shape index (κ2) is 35.5.